The number of benzene rings is 1. The predicted octanol–water partition coefficient (Wildman–Crippen LogP) is 3.21. The van der Waals surface area contributed by atoms with Crippen molar-refractivity contribution >= 4 is 22.2 Å². The summed E-state index contributed by atoms with van der Waals surface area (Å²) in [6.07, 6.45) is -0.0173. The van der Waals surface area contributed by atoms with Crippen molar-refractivity contribution in [3.05, 3.63) is 68.4 Å². The molecule has 0 aliphatic carbocycles. The van der Waals surface area contributed by atoms with E-state index in [1.807, 2.05) is 17.5 Å². The first-order valence-corrected chi connectivity index (χ1v) is 8.13. The monoisotopic (exact) mass is 332 g/mol. The summed E-state index contributed by atoms with van der Waals surface area (Å²) < 4.78 is 18.7. The van der Waals surface area contributed by atoms with E-state index in [1.54, 1.807) is 24.5 Å². The highest BCUT2D eigenvalue weighted by Gasteiger charge is 2.11. The van der Waals surface area contributed by atoms with Crippen LogP contribution in [0.15, 0.2) is 46.6 Å². The number of halogens is 1. The van der Waals surface area contributed by atoms with Crippen molar-refractivity contribution in [1.82, 2.24) is 10.3 Å². The number of hydrogen-bond donors (Lipinski definition) is 2. The highest BCUT2D eigenvalue weighted by Crippen LogP contribution is 2.21. The number of rotatable bonds is 6. The van der Waals surface area contributed by atoms with Gasteiger partial charge in [-0.15, -0.1) is 11.3 Å². The maximum absolute atomic E-state index is 13.2. The molecule has 1 aromatic carbocycles. The summed E-state index contributed by atoms with van der Waals surface area (Å²) in [6.45, 7) is 1.15. The predicted molar refractivity (Wildman–Crippen MR) is 90.3 cm³/mol. The number of H-pyrrole nitrogens is 1. The lowest BCUT2D eigenvalue weighted by atomic mass is 10.2. The van der Waals surface area contributed by atoms with Gasteiger partial charge in [0.15, 0.2) is 5.43 Å². The molecule has 0 amide bonds. The molecule has 0 radical (unpaired) electrons. The number of pyridine rings is 1. The first-order chi connectivity index (χ1) is 11.2. The number of fused-ring (bicyclic) bond motifs is 1. The maximum atomic E-state index is 13.2. The van der Waals surface area contributed by atoms with Crippen LogP contribution >= 0.6 is 11.3 Å². The Kier molecular flexibility index (Phi) is 4.85. The Morgan fingerprint density at radius 1 is 1.35 bits per heavy atom. The second-order valence-electron chi connectivity index (χ2n) is 5.22. The zero-order chi connectivity index (χ0) is 16.2. The fourth-order valence-corrected chi connectivity index (χ4v) is 3.28. The number of nitrogens with one attached hydrogen (secondary N) is 2. The molecule has 6 heteroatoms. The van der Waals surface area contributed by atoms with E-state index < -0.39 is 5.82 Å². The quantitative estimate of drug-likeness (QED) is 0.729. The van der Waals surface area contributed by atoms with Crippen LogP contribution < -0.4 is 10.7 Å². The van der Waals surface area contributed by atoms with Gasteiger partial charge in [0.25, 0.3) is 0 Å². The van der Waals surface area contributed by atoms with E-state index in [1.165, 1.54) is 18.2 Å². The molecule has 0 aliphatic heterocycles. The molecule has 2 aromatic heterocycles. The summed E-state index contributed by atoms with van der Waals surface area (Å²) in [7, 11) is 1.68. The number of thiophene rings is 1. The van der Waals surface area contributed by atoms with E-state index in [4.69, 9.17) is 4.74 Å². The van der Waals surface area contributed by atoms with Gasteiger partial charge in [-0.25, -0.2) is 4.39 Å². The Hall–Kier alpha value is -2.02. The zero-order valence-electron chi connectivity index (χ0n) is 12.6. The van der Waals surface area contributed by atoms with Crippen LogP contribution in [0.4, 0.5) is 4.39 Å². The molecule has 3 aromatic rings. The van der Waals surface area contributed by atoms with Crippen molar-refractivity contribution in [2.45, 2.75) is 12.6 Å². The summed E-state index contributed by atoms with van der Waals surface area (Å²) in [6, 6.07) is 9.70. The third kappa shape index (κ3) is 3.67. The Morgan fingerprint density at radius 2 is 2.22 bits per heavy atom. The number of ether oxygens (including phenoxy) is 1. The van der Waals surface area contributed by atoms with E-state index in [9.17, 15) is 9.18 Å². The molecule has 4 nitrogen and oxygen atoms in total. The van der Waals surface area contributed by atoms with Gasteiger partial charge in [0.1, 0.15) is 11.9 Å². The van der Waals surface area contributed by atoms with E-state index in [0.717, 1.165) is 10.6 Å². The van der Waals surface area contributed by atoms with Gasteiger partial charge in [0.05, 0.1) is 0 Å². The molecule has 1 atom stereocenters. The lowest BCUT2D eigenvalue weighted by Crippen LogP contribution is -2.23. The summed E-state index contributed by atoms with van der Waals surface area (Å²) in [4.78, 5) is 16.4. The lowest BCUT2D eigenvalue weighted by Gasteiger charge is -2.14. The molecule has 2 N–H and O–H groups in total. The highest BCUT2D eigenvalue weighted by atomic mass is 32.1. The molecular weight excluding hydrogens is 315 g/mol. The molecule has 23 heavy (non-hydrogen) atoms. The number of methoxy groups -OCH3 is 1. The van der Waals surface area contributed by atoms with Crippen LogP contribution in [0.5, 0.6) is 0 Å². The Labute approximate surface area is 136 Å². The van der Waals surface area contributed by atoms with E-state index in [-0.39, 0.29) is 11.5 Å². The standard InChI is InChI=1S/C17H17FN2O2S/c1-22-16(17-3-2-6-23-17)10-19-9-12-8-15(21)13-7-11(18)4-5-14(13)20-12/h2-8,16,19H,9-10H2,1H3,(H,20,21)/t16-/m1/s1. The molecule has 3 rings (SSSR count). The molecule has 0 fully saturated rings. The van der Waals surface area contributed by atoms with Crippen molar-refractivity contribution < 1.29 is 9.13 Å². The summed E-state index contributed by atoms with van der Waals surface area (Å²) in [5.74, 6) is -0.409. The van der Waals surface area contributed by atoms with Crippen LogP contribution in [0, 0.1) is 5.82 Å². The average molecular weight is 332 g/mol. The second kappa shape index (κ2) is 7.04. The number of aromatic nitrogens is 1. The minimum Gasteiger partial charge on any atom is -0.375 e. The average Bonchev–Trinajstić information content (AvgIpc) is 3.06. The highest BCUT2D eigenvalue weighted by molar-refractivity contribution is 7.10. The van der Waals surface area contributed by atoms with Gasteiger partial charge in [-0.2, -0.15) is 0 Å². The molecule has 120 valence electrons. The van der Waals surface area contributed by atoms with Crippen LogP contribution in [-0.4, -0.2) is 18.6 Å². The summed E-state index contributed by atoms with van der Waals surface area (Å²) in [5, 5.41) is 5.66. The van der Waals surface area contributed by atoms with Crippen LogP contribution in [-0.2, 0) is 11.3 Å². The molecule has 2 heterocycles. The molecule has 0 saturated heterocycles. The van der Waals surface area contributed by atoms with Crippen molar-refractivity contribution in [2.75, 3.05) is 13.7 Å². The van der Waals surface area contributed by atoms with E-state index in [2.05, 4.69) is 10.3 Å². The van der Waals surface area contributed by atoms with Crippen LogP contribution in [0.3, 0.4) is 0 Å². The van der Waals surface area contributed by atoms with Crippen molar-refractivity contribution in [3.8, 4) is 0 Å². The van der Waals surface area contributed by atoms with Crippen LogP contribution in [0.25, 0.3) is 10.9 Å². The van der Waals surface area contributed by atoms with Gasteiger partial charge >= 0.3 is 0 Å². The number of aromatic amines is 1. The first-order valence-electron chi connectivity index (χ1n) is 7.26. The van der Waals surface area contributed by atoms with E-state index >= 15 is 0 Å². The summed E-state index contributed by atoms with van der Waals surface area (Å²) in [5.41, 5.74) is 1.21. The Morgan fingerprint density at radius 3 is 2.96 bits per heavy atom. The molecule has 0 bridgehead atoms. The Balaban J connectivity index is 1.70. The van der Waals surface area contributed by atoms with Gasteiger partial charge in [-0.3, -0.25) is 4.79 Å². The number of hydrogen-bond acceptors (Lipinski definition) is 4. The molecule has 0 aliphatic rings. The third-order valence-electron chi connectivity index (χ3n) is 3.64. The van der Waals surface area contributed by atoms with Crippen LogP contribution in [0.1, 0.15) is 16.7 Å². The molecular formula is C17H17FN2O2S. The maximum Gasteiger partial charge on any atom is 0.189 e. The van der Waals surface area contributed by atoms with Gasteiger partial charge in [-0.1, -0.05) is 6.07 Å². The minimum atomic E-state index is -0.409. The topological polar surface area (TPSA) is 54.1 Å². The van der Waals surface area contributed by atoms with Crippen LogP contribution in [0.2, 0.25) is 0 Å². The first kappa shape index (κ1) is 15.9. The summed E-state index contributed by atoms with van der Waals surface area (Å²) >= 11 is 1.65. The fourth-order valence-electron chi connectivity index (χ4n) is 2.48. The van der Waals surface area contributed by atoms with E-state index in [0.29, 0.717) is 24.0 Å². The van der Waals surface area contributed by atoms with Crippen molar-refractivity contribution in [3.63, 3.8) is 0 Å². The van der Waals surface area contributed by atoms with Gasteiger partial charge in [0.2, 0.25) is 0 Å². The second-order valence-corrected chi connectivity index (χ2v) is 6.20. The third-order valence-corrected chi connectivity index (χ3v) is 4.60. The fraction of sp³-hybridized carbons (Fsp3) is 0.235. The SMILES string of the molecule is CO[C@H](CNCc1cc(=O)c2cc(F)ccc2[nH]1)c1cccs1. The van der Waals surface area contributed by atoms with Crippen molar-refractivity contribution in [2.24, 2.45) is 0 Å². The Bertz CT molecular complexity index is 845. The molecule has 0 unspecified atom stereocenters. The van der Waals surface area contributed by atoms with Gasteiger partial charge in [-0.05, 0) is 29.6 Å². The lowest BCUT2D eigenvalue weighted by molar-refractivity contribution is 0.105. The molecule has 0 spiro atoms. The minimum absolute atomic E-state index is 0.0173. The van der Waals surface area contributed by atoms with Gasteiger partial charge < -0.3 is 15.0 Å². The molecule has 0 saturated carbocycles. The smallest absolute Gasteiger partial charge is 0.189 e. The zero-order valence-corrected chi connectivity index (χ0v) is 13.5. The van der Waals surface area contributed by atoms with Gasteiger partial charge in [0, 0.05) is 47.7 Å². The largest absolute Gasteiger partial charge is 0.375 e. The van der Waals surface area contributed by atoms with Crippen molar-refractivity contribution in [1.29, 1.82) is 0 Å². The normalized spacial score (nSPS) is 12.6.